The average Bonchev–Trinajstić information content (AvgIpc) is 3.06. The van der Waals surface area contributed by atoms with Gasteiger partial charge in [0.2, 0.25) is 0 Å². The van der Waals surface area contributed by atoms with E-state index in [2.05, 4.69) is 5.16 Å². The minimum atomic E-state index is -4.83. The van der Waals surface area contributed by atoms with Gasteiger partial charge in [0.25, 0.3) is 5.60 Å². The highest BCUT2D eigenvalue weighted by atomic mass is 35.5. The smallest absolute Gasteiger partial charge is 0.374 e. The molecule has 4 nitrogen and oxygen atoms in total. The van der Waals surface area contributed by atoms with E-state index < -0.39 is 29.0 Å². The van der Waals surface area contributed by atoms with Crippen LogP contribution < -0.4 is 10.9 Å². The zero-order valence-electron chi connectivity index (χ0n) is 14.7. The van der Waals surface area contributed by atoms with E-state index >= 15 is 0 Å². The van der Waals surface area contributed by atoms with E-state index in [1.54, 1.807) is 7.05 Å². The van der Waals surface area contributed by atoms with Gasteiger partial charge in [0, 0.05) is 24.6 Å². The van der Waals surface area contributed by atoms with Gasteiger partial charge in [0.1, 0.15) is 5.82 Å². The van der Waals surface area contributed by atoms with E-state index in [4.69, 9.17) is 33.9 Å². The van der Waals surface area contributed by atoms with Crippen LogP contribution in [0.1, 0.15) is 23.1 Å². The minimum absolute atomic E-state index is 0.0262. The summed E-state index contributed by atoms with van der Waals surface area (Å²) in [6.45, 7) is 1.33. The normalized spacial score (nSPS) is 19.4. The van der Waals surface area contributed by atoms with Crippen LogP contribution in [0.4, 0.5) is 23.2 Å². The Labute approximate surface area is 168 Å². The number of nitrogens with two attached hydrogens (primary N) is 1. The fourth-order valence-corrected chi connectivity index (χ4v) is 3.50. The number of benzene rings is 2. The van der Waals surface area contributed by atoms with E-state index in [1.165, 1.54) is 30.1 Å². The third-order valence-electron chi connectivity index (χ3n) is 4.52. The molecule has 1 aliphatic rings. The van der Waals surface area contributed by atoms with Crippen molar-refractivity contribution in [2.24, 2.45) is 11.0 Å². The molecule has 10 heteroatoms. The molecular formula is C18H15Cl2F4N3O. The van der Waals surface area contributed by atoms with Gasteiger partial charge in [0.05, 0.1) is 21.4 Å². The van der Waals surface area contributed by atoms with E-state index in [9.17, 15) is 17.6 Å². The van der Waals surface area contributed by atoms with E-state index in [0.717, 1.165) is 12.1 Å². The van der Waals surface area contributed by atoms with Crippen LogP contribution in [-0.4, -0.2) is 18.9 Å². The van der Waals surface area contributed by atoms with Gasteiger partial charge in [-0.3, -0.25) is 0 Å². The molecule has 150 valence electrons. The van der Waals surface area contributed by atoms with Crippen LogP contribution in [0.2, 0.25) is 10.0 Å². The first-order valence-corrected chi connectivity index (χ1v) is 8.78. The van der Waals surface area contributed by atoms with Gasteiger partial charge in [-0.2, -0.15) is 13.2 Å². The predicted molar refractivity (Wildman–Crippen MR) is 100 cm³/mol. The topological polar surface area (TPSA) is 50.8 Å². The van der Waals surface area contributed by atoms with Gasteiger partial charge >= 0.3 is 6.18 Å². The third-order valence-corrected chi connectivity index (χ3v) is 5.12. The molecule has 0 fully saturated rings. The van der Waals surface area contributed by atoms with Crippen molar-refractivity contribution in [3.63, 3.8) is 0 Å². The second-order valence-electron chi connectivity index (χ2n) is 6.50. The van der Waals surface area contributed by atoms with Crippen molar-refractivity contribution in [2.75, 3.05) is 12.1 Å². The molecule has 0 bridgehead atoms. The molecule has 1 atom stereocenters. The Balaban J connectivity index is 2.06. The number of rotatable bonds is 3. The molecule has 28 heavy (non-hydrogen) atoms. The number of alkyl halides is 3. The van der Waals surface area contributed by atoms with Crippen LogP contribution in [0, 0.1) is 12.7 Å². The SMILES string of the molecule is Cc1cc(C2(C(F)(F)F)CC(c3ccc(Cl)c(N(C)N)c3)=NO2)cc(Cl)c1F. The maximum atomic E-state index is 14.0. The maximum Gasteiger partial charge on any atom is 0.435 e. The second-order valence-corrected chi connectivity index (χ2v) is 7.31. The van der Waals surface area contributed by atoms with Crippen molar-refractivity contribution >= 4 is 34.6 Å². The molecule has 0 saturated heterocycles. The summed E-state index contributed by atoms with van der Waals surface area (Å²) in [5, 5.41) is 4.82. The molecule has 0 saturated carbocycles. The average molecular weight is 436 g/mol. The van der Waals surface area contributed by atoms with Gasteiger partial charge in [-0.25, -0.2) is 10.2 Å². The summed E-state index contributed by atoms with van der Waals surface area (Å²) in [7, 11) is 1.54. The molecule has 2 N–H and O–H groups in total. The summed E-state index contributed by atoms with van der Waals surface area (Å²) in [5.41, 5.74) is -2.30. The van der Waals surface area contributed by atoms with Gasteiger partial charge in [0.15, 0.2) is 0 Å². The van der Waals surface area contributed by atoms with Crippen molar-refractivity contribution in [3.8, 4) is 0 Å². The molecule has 0 amide bonds. The lowest BCUT2D eigenvalue weighted by molar-refractivity contribution is -0.275. The monoisotopic (exact) mass is 435 g/mol. The number of hydrogen-bond donors (Lipinski definition) is 1. The molecule has 0 aromatic heterocycles. The molecule has 0 radical (unpaired) electrons. The van der Waals surface area contributed by atoms with Crippen molar-refractivity contribution < 1.29 is 22.4 Å². The van der Waals surface area contributed by atoms with Crippen molar-refractivity contribution in [3.05, 3.63) is 62.9 Å². The van der Waals surface area contributed by atoms with Gasteiger partial charge in [-0.05, 0) is 36.8 Å². The highest BCUT2D eigenvalue weighted by Gasteiger charge is 2.62. The Morgan fingerprint density at radius 2 is 1.86 bits per heavy atom. The third kappa shape index (κ3) is 3.40. The van der Waals surface area contributed by atoms with Crippen LogP contribution in [0.5, 0.6) is 0 Å². The van der Waals surface area contributed by atoms with E-state index in [1.807, 2.05) is 0 Å². The lowest BCUT2D eigenvalue weighted by Gasteiger charge is -2.30. The minimum Gasteiger partial charge on any atom is -0.374 e. The zero-order chi connectivity index (χ0) is 20.9. The zero-order valence-corrected chi connectivity index (χ0v) is 16.3. The highest BCUT2D eigenvalue weighted by molar-refractivity contribution is 6.33. The first-order chi connectivity index (χ1) is 13.0. The molecule has 1 heterocycles. The molecule has 1 unspecified atom stereocenters. The second kappa shape index (κ2) is 7.09. The Kier molecular flexibility index (Phi) is 5.24. The van der Waals surface area contributed by atoms with Crippen LogP contribution >= 0.6 is 23.2 Å². The van der Waals surface area contributed by atoms with Crippen molar-refractivity contribution in [2.45, 2.75) is 25.1 Å². The van der Waals surface area contributed by atoms with Crippen LogP contribution in [-0.2, 0) is 10.4 Å². The van der Waals surface area contributed by atoms with E-state index in [-0.39, 0.29) is 16.8 Å². The first kappa shape index (κ1) is 20.7. The van der Waals surface area contributed by atoms with Crippen LogP contribution in [0.3, 0.4) is 0 Å². The van der Waals surface area contributed by atoms with Crippen LogP contribution in [0.25, 0.3) is 0 Å². The Morgan fingerprint density at radius 3 is 2.43 bits per heavy atom. The number of halogens is 6. The number of aryl methyl sites for hydroxylation is 1. The summed E-state index contributed by atoms with van der Waals surface area (Å²) >= 11 is 11.8. The molecule has 3 rings (SSSR count). The summed E-state index contributed by atoms with van der Waals surface area (Å²) in [4.78, 5) is 4.94. The summed E-state index contributed by atoms with van der Waals surface area (Å²) in [6.07, 6.45) is -5.45. The molecule has 2 aromatic rings. The number of hydrazine groups is 1. The number of oxime groups is 1. The largest absolute Gasteiger partial charge is 0.435 e. The number of hydrogen-bond acceptors (Lipinski definition) is 4. The van der Waals surface area contributed by atoms with Gasteiger partial charge in [-0.15, -0.1) is 0 Å². The van der Waals surface area contributed by atoms with E-state index in [0.29, 0.717) is 16.3 Å². The molecular weight excluding hydrogens is 421 g/mol. The lowest BCUT2D eigenvalue weighted by Crippen LogP contribution is -2.42. The number of nitrogens with zero attached hydrogens (tertiary/aromatic N) is 2. The fraction of sp³-hybridized carbons (Fsp3) is 0.278. The summed E-state index contributed by atoms with van der Waals surface area (Å²) < 4.78 is 55.9. The van der Waals surface area contributed by atoms with Gasteiger partial charge < -0.3 is 9.85 Å². The van der Waals surface area contributed by atoms with Gasteiger partial charge in [-0.1, -0.05) is 34.4 Å². The molecule has 2 aromatic carbocycles. The highest BCUT2D eigenvalue weighted by Crippen LogP contribution is 2.49. The Morgan fingerprint density at radius 1 is 1.18 bits per heavy atom. The lowest BCUT2D eigenvalue weighted by atomic mass is 9.85. The maximum absolute atomic E-state index is 14.0. The predicted octanol–water partition coefficient (Wildman–Crippen LogP) is 5.33. The van der Waals surface area contributed by atoms with Crippen molar-refractivity contribution in [1.29, 1.82) is 0 Å². The first-order valence-electron chi connectivity index (χ1n) is 8.02. The summed E-state index contributed by atoms with van der Waals surface area (Å²) in [6, 6.07) is 6.52. The summed E-state index contributed by atoms with van der Waals surface area (Å²) in [5.74, 6) is 4.91. The molecule has 0 spiro atoms. The standard InChI is InChI=1S/C18H15Cl2F4N3O/c1-9-5-11(7-13(20)16(9)21)17(18(22,23)24)8-14(26-28-17)10-3-4-12(19)15(6-10)27(2)25/h3-7H,8,25H2,1-2H3. The molecule has 1 aliphatic heterocycles. The Hall–Kier alpha value is -2.03. The number of anilines is 1. The Bertz CT molecular complexity index is 939. The van der Waals surface area contributed by atoms with Crippen molar-refractivity contribution in [1.82, 2.24) is 0 Å². The quantitative estimate of drug-likeness (QED) is 0.402. The molecule has 0 aliphatic carbocycles. The fourth-order valence-electron chi connectivity index (χ4n) is 2.98. The van der Waals surface area contributed by atoms with Crippen LogP contribution in [0.15, 0.2) is 35.5 Å².